The molecule has 1 aliphatic carbocycles. The summed E-state index contributed by atoms with van der Waals surface area (Å²) >= 11 is 0. The lowest BCUT2D eigenvalue weighted by atomic mass is 9.80. The van der Waals surface area contributed by atoms with Gasteiger partial charge in [0.15, 0.2) is 0 Å². The third-order valence-electron chi connectivity index (χ3n) is 3.37. The lowest BCUT2D eigenvalue weighted by molar-refractivity contribution is -0.144. The molecule has 1 fully saturated rings. The van der Waals surface area contributed by atoms with E-state index in [0.29, 0.717) is 13.0 Å². The Labute approximate surface area is 119 Å². The Morgan fingerprint density at radius 3 is 2.55 bits per heavy atom. The fourth-order valence-electron chi connectivity index (χ4n) is 2.51. The van der Waals surface area contributed by atoms with Gasteiger partial charge in [-0.1, -0.05) is 6.42 Å². The number of nitrogens with zero attached hydrogens (tertiary/aromatic N) is 1. The number of allylic oxidation sites excluding steroid dienone is 1. The third kappa shape index (κ3) is 4.37. The molecule has 0 saturated heterocycles. The van der Waals surface area contributed by atoms with Crippen LogP contribution in [0.25, 0.3) is 0 Å². The molecule has 0 aromatic rings. The highest BCUT2D eigenvalue weighted by Gasteiger charge is 2.28. The second-order valence-electron chi connectivity index (χ2n) is 4.68. The van der Waals surface area contributed by atoms with Crippen LogP contribution in [0.1, 0.15) is 46.0 Å². The first kappa shape index (κ1) is 16.2. The Bertz CT molecular complexity index is 434. The van der Waals surface area contributed by atoms with Gasteiger partial charge >= 0.3 is 11.9 Å². The van der Waals surface area contributed by atoms with Crippen LogP contribution < -0.4 is 0 Å². The third-order valence-corrected chi connectivity index (χ3v) is 3.37. The number of hydrogen-bond acceptors (Lipinski definition) is 5. The zero-order valence-corrected chi connectivity index (χ0v) is 12.1. The molecule has 0 radical (unpaired) electrons. The zero-order chi connectivity index (χ0) is 15.0. The number of esters is 2. The number of rotatable bonds is 5. The van der Waals surface area contributed by atoms with Gasteiger partial charge in [-0.05, 0) is 44.6 Å². The van der Waals surface area contributed by atoms with Gasteiger partial charge < -0.3 is 9.47 Å². The SMILES string of the molecule is CCOC(=O)CC1CCCC/C1=C(\C#N)C(=O)OCC. The first-order chi connectivity index (χ1) is 9.63. The van der Waals surface area contributed by atoms with E-state index in [1.807, 2.05) is 6.07 Å². The second-order valence-corrected chi connectivity index (χ2v) is 4.68. The Morgan fingerprint density at radius 1 is 1.25 bits per heavy atom. The van der Waals surface area contributed by atoms with Crippen LogP contribution in [-0.2, 0) is 19.1 Å². The number of carbonyl (C=O) groups is 2. The summed E-state index contributed by atoms with van der Waals surface area (Å²) in [4.78, 5) is 23.4. The van der Waals surface area contributed by atoms with Crippen molar-refractivity contribution in [3.05, 3.63) is 11.1 Å². The van der Waals surface area contributed by atoms with Gasteiger partial charge in [0.2, 0.25) is 0 Å². The largest absolute Gasteiger partial charge is 0.466 e. The van der Waals surface area contributed by atoms with Gasteiger partial charge in [0.25, 0.3) is 0 Å². The van der Waals surface area contributed by atoms with E-state index in [2.05, 4.69) is 0 Å². The molecule has 0 amide bonds. The molecule has 1 unspecified atom stereocenters. The molecule has 0 aliphatic heterocycles. The van der Waals surface area contributed by atoms with Crippen molar-refractivity contribution in [1.29, 1.82) is 5.26 Å². The van der Waals surface area contributed by atoms with E-state index in [0.717, 1.165) is 24.8 Å². The first-order valence-electron chi connectivity index (χ1n) is 7.09. The summed E-state index contributed by atoms with van der Waals surface area (Å²) in [6.07, 6.45) is 3.63. The van der Waals surface area contributed by atoms with Crippen LogP contribution in [0.5, 0.6) is 0 Å². The molecule has 5 nitrogen and oxygen atoms in total. The van der Waals surface area contributed by atoms with Gasteiger partial charge in [-0.15, -0.1) is 0 Å². The molecule has 0 aromatic carbocycles. The van der Waals surface area contributed by atoms with E-state index < -0.39 is 5.97 Å². The monoisotopic (exact) mass is 279 g/mol. The van der Waals surface area contributed by atoms with Gasteiger partial charge in [0, 0.05) is 0 Å². The number of carbonyl (C=O) groups excluding carboxylic acids is 2. The summed E-state index contributed by atoms with van der Waals surface area (Å²) in [6.45, 7) is 4.04. The topological polar surface area (TPSA) is 76.4 Å². The van der Waals surface area contributed by atoms with Crippen molar-refractivity contribution < 1.29 is 19.1 Å². The number of ether oxygens (including phenoxy) is 2. The van der Waals surface area contributed by atoms with Gasteiger partial charge in [0.05, 0.1) is 19.6 Å². The number of nitriles is 1. The van der Waals surface area contributed by atoms with Crippen LogP contribution in [0.4, 0.5) is 0 Å². The average Bonchev–Trinajstić information content (AvgIpc) is 2.42. The Balaban J connectivity index is 2.93. The van der Waals surface area contributed by atoms with Crippen molar-refractivity contribution in [2.24, 2.45) is 5.92 Å². The fraction of sp³-hybridized carbons (Fsp3) is 0.667. The van der Waals surface area contributed by atoms with Crippen LogP contribution in [0, 0.1) is 17.2 Å². The molecular formula is C15H21NO4. The maximum atomic E-state index is 11.8. The highest BCUT2D eigenvalue weighted by atomic mass is 16.5. The molecule has 0 bridgehead atoms. The summed E-state index contributed by atoms with van der Waals surface area (Å²) in [6, 6.07) is 1.94. The molecule has 20 heavy (non-hydrogen) atoms. The van der Waals surface area contributed by atoms with Gasteiger partial charge in [-0.2, -0.15) is 5.26 Å². The zero-order valence-electron chi connectivity index (χ0n) is 12.1. The molecule has 0 N–H and O–H groups in total. The minimum absolute atomic E-state index is 0.0702. The van der Waals surface area contributed by atoms with E-state index >= 15 is 0 Å². The minimum atomic E-state index is -0.583. The van der Waals surface area contributed by atoms with E-state index in [1.165, 1.54) is 0 Å². The molecule has 1 rings (SSSR count). The highest BCUT2D eigenvalue weighted by Crippen LogP contribution is 2.34. The van der Waals surface area contributed by atoms with Crippen molar-refractivity contribution in [3.63, 3.8) is 0 Å². The normalized spacial score (nSPS) is 20.8. The van der Waals surface area contributed by atoms with Crippen LogP contribution in [-0.4, -0.2) is 25.2 Å². The van der Waals surface area contributed by atoms with Crippen molar-refractivity contribution in [3.8, 4) is 6.07 Å². The Kier molecular flexibility index (Phi) is 6.78. The van der Waals surface area contributed by atoms with Crippen molar-refractivity contribution in [1.82, 2.24) is 0 Å². The van der Waals surface area contributed by atoms with Gasteiger partial charge in [-0.3, -0.25) is 4.79 Å². The average molecular weight is 279 g/mol. The van der Waals surface area contributed by atoms with E-state index in [-0.39, 0.29) is 30.5 Å². The lowest BCUT2D eigenvalue weighted by Crippen LogP contribution is -2.20. The summed E-state index contributed by atoms with van der Waals surface area (Å²) in [5.74, 6) is -0.944. The standard InChI is InChI=1S/C15H21NO4/c1-3-19-14(17)9-11-7-5-6-8-12(11)13(10-16)15(18)20-4-2/h11H,3-9H2,1-2H3/b13-12-. The molecule has 1 atom stereocenters. The summed E-state index contributed by atoms with van der Waals surface area (Å²) < 4.78 is 9.87. The molecular weight excluding hydrogens is 258 g/mol. The number of hydrogen-bond donors (Lipinski definition) is 0. The molecule has 110 valence electrons. The van der Waals surface area contributed by atoms with Crippen LogP contribution in [0.15, 0.2) is 11.1 Å². The maximum Gasteiger partial charge on any atom is 0.348 e. The summed E-state index contributed by atoms with van der Waals surface area (Å²) in [5, 5.41) is 9.21. The van der Waals surface area contributed by atoms with E-state index in [4.69, 9.17) is 9.47 Å². The van der Waals surface area contributed by atoms with Gasteiger partial charge in [-0.25, -0.2) is 4.79 Å². The molecule has 0 aromatic heterocycles. The smallest absolute Gasteiger partial charge is 0.348 e. The maximum absolute atomic E-state index is 11.8. The Hall–Kier alpha value is -1.83. The van der Waals surface area contributed by atoms with E-state index in [9.17, 15) is 14.9 Å². The predicted molar refractivity (Wildman–Crippen MR) is 72.5 cm³/mol. The molecule has 1 saturated carbocycles. The predicted octanol–water partition coefficient (Wildman–Crippen LogP) is 2.51. The summed E-state index contributed by atoms with van der Waals surface area (Å²) in [5.41, 5.74) is 0.825. The first-order valence-corrected chi connectivity index (χ1v) is 7.09. The van der Waals surface area contributed by atoms with Crippen LogP contribution >= 0.6 is 0 Å². The quantitative estimate of drug-likeness (QED) is 0.439. The van der Waals surface area contributed by atoms with Gasteiger partial charge in [0.1, 0.15) is 11.6 Å². The lowest BCUT2D eigenvalue weighted by Gasteiger charge is -2.25. The van der Waals surface area contributed by atoms with Crippen molar-refractivity contribution in [2.45, 2.75) is 46.0 Å². The van der Waals surface area contributed by atoms with Crippen LogP contribution in [0.2, 0.25) is 0 Å². The summed E-state index contributed by atoms with van der Waals surface area (Å²) in [7, 11) is 0. The minimum Gasteiger partial charge on any atom is -0.466 e. The van der Waals surface area contributed by atoms with Crippen molar-refractivity contribution >= 4 is 11.9 Å². The molecule has 5 heteroatoms. The molecule has 0 heterocycles. The van der Waals surface area contributed by atoms with E-state index in [1.54, 1.807) is 13.8 Å². The van der Waals surface area contributed by atoms with Crippen molar-refractivity contribution in [2.75, 3.05) is 13.2 Å². The highest BCUT2D eigenvalue weighted by molar-refractivity contribution is 5.94. The second kappa shape index (κ2) is 8.36. The molecule has 1 aliphatic rings. The fourth-order valence-corrected chi connectivity index (χ4v) is 2.51. The Morgan fingerprint density at radius 2 is 1.95 bits per heavy atom. The molecule has 0 spiro atoms. The van der Waals surface area contributed by atoms with Crippen LogP contribution in [0.3, 0.4) is 0 Å².